The summed E-state index contributed by atoms with van der Waals surface area (Å²) < 4.78 is 31.1. The van der Waals surface area contributed by atoms with Gasteiger partial charge in [0.1, 0.15) is 16.7 Å². The maximum absolute atomic E-state index is 12.9. The predicted molar refractivity (Wildman–Crippen MR) is 102 cm³/mol. The minimum Gasteiger partial charge on any atom is -0.379 e. The van der Waals surface area contributed by atoms with Crippen molar-refractivity contribution in [1.29, 1.82) is 0 Å². The lowest BCUT2D eigenvalue weighted by atomic mass is 9.94. The van der Waals surface area contributed by atoms with Crippen molar-refractivity contribution in [2.24, 2.45) is 5.73 Å². The predicted octanol–water partition coefficient (Wildman–Crippen LogP) is 2.28. The quantitative estimate of drug-likeness (QED) is 0.675. The third kappa shape index (κ3) is 3.27. The van der Waals surface area contributed by atoms with Gasteiger partial charge in [-0.25, -0.2) is 0 Å². The number of amides is 1. The van der Waals surface area contributed by atoms with Gasteiger partial charge >= 0.3 is 10.1 Å². The molecular formula is C20H18N2O4S. The minimum absolute atomic E-state index is 0.0999. The average Bonchev–Trinajstić information content (AvgIpc) is 2.66. The highest BCUT2D eigenvalue weighted by Crippen LogP contribution is 2.30. The summed E-state index contributed by atoms with van der Waals surface area (Å²) in [6.07, 6.45) is 0.732. The summed E-state index contributed by atoms with van der Waals surface area (Å²) in [6.45, 7) is 0.634. The summed E-state index contributed by atoms with van der Waals surface area (Å²) in [5.41, 5.74) is 7.06. The fourth-order valence-corrected chi connectivity index (χ4v) is 4.57. The second-order valence-corrected chi connectivity index (χ2v) is 7.93. The first kappa shape index (κ1) is 17.5. The van der Waals surface area contributed by atoms with E-state index in [4.69, 9.17) is 9.92 Å². The van der Waals surface area contributed by atoms with Gasteiger partial charge in [0.05, 0.1) is 0 Å². The van der Waals surface area contributed by atoms with Crippen LogP contribution < -0.4 is 15.2 Å². The molecule has 1 aliphatic rings. The molecule has 3 N–H and O–H groups in total. The van der Waals surface area contributed by atoms with E-state index in [1.54, 1.807) is 36.4 Å². The molecule has 7 heteroatoms. The molecule has 138 valence electrons. The molecule has 27 heavy (non-hydrogen) atoms. The normalized spacial score (nSPS) is 16.7. The van der Waals surface area contributed by atoms with Crippen LogP contribution in [0.5, 0.6) is 5.75 Å². The Morgan fingerprint density at radius 2 is 1.85 bits per heavy atom. The number of hydrogen-bond acceptors (Lipinski definition) is 5. The minimum atomic E-state index is -4.04. The monoisotopic (exact) mass is 382 g/mol. The summed E-state index contributed by atoms with van der Waals surface area (Å²) in [5, 5.41) is 4.44. The average molecular weight is 382 g/mol. The molecule has 4 rings (SSSR count). The first-order valence-electron chi connectivity index (χ1n) is 8.53. The number of nitrogens with one attached hydrogen (secondary N) is 1. The molecule has 1 aliphatic heterocycles. The zero-order valence-electron chi connectivity index (χ0n) is 14.4. The van der Waals surface area contributed by atoms with Crippen LogP contribution in [0.25, 0.3) is 10.8 Å². The van der Waals surface area contributed by atoms with Crippen molar-refractivity contribution in [3.8, 4) is 5.75 Å². The van der Waals surface area contributed by atoms with Crippen LogP contribution in [0.1, 0.15) is 17.2 Å². The number of carbonyl (C=O) groups excluding carboxylic acids is 1. The van der Waals surface area contributed by atoms with Crippen LogP contribution in [0.4, 0.5) is 0 Å². The van der Waals surface area contributed by atoms with Crippen molar-refractivity contribution in [2.45, 2.75) is 17.4 Å². The van der Waals surface area contributed by atoms with Crippen LogP contribution in [-0.2, 0) is 21.3 Å². The van der Waals surface area contributed by atoms with Crippen molar-refractivity contribution in [2.75, 3.05) is 6.54 Å². The van der Waals surface area contributed by atoms with Crippen LogP contribution in [0, 0.1) is 0 Å². The third-order valence-electron chi connectivity index (χ3n) is 4.68. The van der Waals surface area contributed by atoms with E-state index >= 15 is 0 Å². The van der Waals surface area contributed by atoms with Crippen LogP contribution in [0.3, 0.4) is 0 Å². The Hall–Kier alpha value is -2.90. The zero-order chi connectivity index (χ0) is 19.0. The Morgan fingerprint density at radius 3 is 2.67 bits per heavy atom. The molecule has 0 aliphatic carbocycles. The van der Waals surface area contributed by atoms with Crippen molar-refractivity contribution in [3.63, 3.8) is 0 Å². The highest BCUT2D eigenvalue weighted by atomic mass is 32.2. The van der Waals surface area contributed by atoms with Gasteiger partial charge in [-0.3, -0.25) is 4.79 Å². The van der Waals surface area contributed by atoms with Gasteiger partial charge in [-0.15, -0.1) is 0 Å². The van der Waals surface area contributed by atoms with E-state index in [0.717, 1.165) is 17.4 Å². The fraction of sp³-hybridized carbons (Fsp3) is 0.150. The van der Waals surface area contributed by atoms with Crippen LogP contribution in [0.2, 0.25) is 0 Å². The van der Waals surface area contributed by atoms with Crippen molar-refractivity contribution < 1.29 is 17.4 Å². The van der Waals surface area contributed by atoms with Crippen molar-refractivity contribution in [1.82, 2.24) is 5.32 Å². The molecule has 6 nitrogen and oxygen atoms in total. The highest BCUT2D eigenvalue weighted by molar-refractivity contribution is 7.87. The maximum atomic E-state index is 12.9. The Balaban J connectivity index is 1.73. The van der Waals surface area contributed by atoms with Crippen LogP contribution in [0.15, 0.2) is 65.6 Å². The van der Waals surface area contributed by atoms with E-state index in [-0.39, 0.29) is 10.6 Å². The topological polar surface area (TPSA) is 98.5 Å². The van der Waals surface area contributed by atoms with Gasteiger partial charge in [0.2, 0.25) is 5.91 Å². The van der Waals surface area contributed by atoms with E-state index in [1.807, 2.05) is 18.2 Å². The number of nitrogens with two attached hydrogens (primary N) is 1. The molecule has 1 atom stereocenters. The number of hydrogen-bond donors (Lipinski definition) is 2. The Bertz CT molecular complexity index is 1140. The lowest BCUT2D eigenvalue weighted by Gasteiger charge is -2.25. The summed E-state index contributed by atoms with van der Waals surface area (Å²) in [4.78, 5) is 11.8. The first-order chi connectivity index (χ1) is 13.0. The summed E-state index contributed by atoms with van der Waals surface area (Å²) >= 11 is 0. The van der Waals surface area contributed by atoms with Crippen LogP contribution in [-0.4, -0.2) is 20.9 Å². The van der Waals surface area contributed by atoms with Gasteiger partial charge in [0.15, 0.2) is 0 Å². The number of benzene rings is 3. The van der Waals surface area contributed by atoms with Gasteiger partial charge in [0.25, 0.3) is 0 Å². The van der Waals surface area contributed by atoms with E-state index < -0.39 is 22.1 Å². The molecule has 3 aromatic rings. The third-order valence-corrected chi connectivity index (χ3v) is 5.99. The summed E-state index contributed by atoms with van der Waals surface area (Å²) in [7, 11) is -4.04. The van der Waals surface area contributed by atoms with E-state index in [2.05, 4.69) is 5.32 Å². The molecule has 3 aromatic carbocycles. The molecule has 0 fully saturated rings. The Morgan fingerprint density at radius 1 is 1.07 bits per heavy atom. The molecule has 0 saturated carbocycles. The van der Waals surface area contributed by atoms with Gasteiger partial charge < -0.3 is 15.2 Å². The number of rotatable bonds is 4. The van der Waals surface area contributed by atoms with E-state index in [1.165, 1.54) is 6.07 Å². The van der Waals surface area contributed by atoms with Gasteiger partial charge in [-0.1, -0.05) is 42.5 Å². The first-order valence-corrected chi connectivity index (χ1v) is 9.94. The summed E-state index contributed by atoms with van der Waals surface area (Å²) in [6, 6.07) is 16.5. The van der Waals surface area contributed by atoms with E-state index in [0.29, 0.717) is 17.5 Å². The molecule has 0 aromatic heterocycles. The number of fused-ring (bicyclic) bond motifs is 2. The second-order valence-electron chi connectivity index (χ2n) is 6.41. The summed E-state index contributed by atoms with van der Waals surface area (Å²) in [5.74, 6) is -0.360. The lowest BCUT2D eigenvalue weighted by Crippen LogP contribution is -2.38. The molecule has 0 saturated heterocycles. The largest absolute Gasteiger partial charge is 0.379 e. The molecule has 1 heterocycles. The Labute approximate surface area is 157 Å². The molecule has 0 spiro atoms. The molecule has 0 bridgehead atoms. The van der Waals surface area contributed by atoms with E-state index in [9.17, 15) is 13.2 Å². The van der Waals surface area contributed by atoms with Crippen LogP contribution >= 0.6 is 0 Å². The van der Waals surface area contributed by atoms with Gasteiger partial charge in [-0.2, -0.15) is 8.42 Å². The molecular weight excluding hydrogens is 364 g/mol. The van der Waals surface area contributed by atoms with Crippen molar-refractivity contribution in [3.05, 3.63) is 71.8 Å². The highest BCUT2D eigenvalue weighted by Gasteiger charge is 2.26. The zero-order valence-corrected chi connectivity index (χ0v) is 15.2. The second kappa shape index (κ2) is 6.68. The van der Waals surface area contributed by atoms with Gasteiger partial charge in [-0.05, 0) is 41.1 Å². The number of carbonyl (C=O) groups is 1. The lowest BCUT2D eigenvalue weighted by molar-refractivity contribution is -0.120. The maximum Gasteiger partial charge on any atom is 0.339 e. The fourth-order valence-electron chi connectivity index (χ4n) is 3.42. The van der Waals surface area contributed by atoms with Gasteiger partial charge in [0, 0.05) is 11.9 Å². The molecule has 1 unspecified atom stereocenters. The SMILES string of the molecule is NC(=O)C1NCCc2ccc(OS(=O)(=O)c3cccc4ccccc34)cc21. The Kier molecular flexibility index (Phi) is 4.33. The number of primary amides is 1. The molecule has 1 amide bonds. The molecule has 0 radical (unpaired) electrons. The van der Waals surface area contributed by atoms with Crippen molar-refractivity contribution >= 4 is 26.8 Å². The smallest absolute Gasteiger partial charge is 0.339 e. The standard InChI is InChI=1S/C20H18N2O4S/c21-20(23)19-17-12-15(9-8-14(17)10-11-22-19)26-27(24,25)18-7-3-5-13-4-1-2-6-16(13)18/h1-9,12,19,22H,10-11H2,(H2,21,23).